The van der Waals surface area contributed by atoms with Crippen LogP contribution in [0.3, 0.4) is 0 Å². The van der Waals surface area contributed by atoms with E-state index < -0.39 is 16.1 Å². The molecule has 0 amide bonds. The molecule has 1 saturated carbocycles. The maximum atomic E-state index is 12.2. The highest BCUT2D eigenvalue weighted by Crippen LogP contribution is 2.27. The molecule has 0 bridgehead atoms. The summed E-state index contributed by atoms with van der Waals surface area (Å²) < 4.78 is 30.6. The normalized spacial score (nSPS) is 20.0. The van der Waals surface area contributed by atoms with Crippen molar-refractivity contribution in [1.82, 2.24) is 5.32 Å². The van der Waals surface area contributed by atoms with Crippen LogP contribution in [0.5, 0.6) is 5.75 Å². The Morgan fingerprint density at radius 2 is 2.12 bits per heavy atom. The summed E-state index contributed by atoms with van der Waals surface area (Å²) >= 11 is 0. The Bertz CT molecular complexity index is 829. The van der Waals surface area contributed by atoms with E-state index in [2.05, 4.69) is 15.0 Å². The molecule has 0 spiro atoms. The summed E-state index contributed by atoms with van der Waals surface area (Å²) in [5.41, 5.74) is 1.29. The average molecular weight is 377 g/mol. The number of aliphatic imine (C=N–C) groups is 1. The van der Waals surface area contributed by atoms with E-state index in [-0.39, 0.29) is 12.4 Å². The molecule has 0 aromatic heterocycles. The lowest BCUT2D eigenvalue weighted by atomic mass is 10.1. The Morgan fingerprint density at radius 1 is 1.31 bits per heavy atom. The smallest absolute Gasteiger partial charge is 0.229 e. The van der Waals surface area contributed by atoms with Crippen LogP contribution in [0.25, 0.3) is 0 Å². The first kappa shape index (κ1) is 18.6. The second-order valence-electron chi connectivity index (χ2n) is 6.70. The van der Waals surface area contributed by atoms with E-state index in [4.69, 9.17) is 4.74 Å². The molecule has 1 fully saturated rings. The van der Waals surface area contributed by atoms with Crippen LogP contribution in [0.1, 0.15) is 12.8 Å². The van der Waals surface area contributed by atoms with E-state index in [1.165, 1.54) is 12.8 Å². The van der Waals surface area contributed by atoms with Crippen molar-refractivity contribution in [3.05, 3.63) is 35.9 Å². The molecule has 8 heteroatoms. The minimum absolute atomic E-state index is 0.0823. The van der Waals surface area contributed by atoms with Crippen LogP contribution in [-0.4, -0.2) is 52.4 Å². The summed E-state index contributed by atoms with van der Waals surface area (Å²) in [4.78, 5) is 16.5. The Morgan fingerprint density at radius 3 is 2.81 bits per heavy atom. The van der Waals surface area contributed by atoms with Gasteiger partial charge in [0.15, 0.2) is 5.78 Å². The predicted octanol–water partition coefficient (Wildman–Crippen LogP) is 1.38. The maximum absolute atomic E-state index is 12.2. The highest BCUT2D eigenvalue weighted by atomic mass is 32.2. The Kier molecular flexibility index (Phi) is 5.73. The number of ketones is 1. The molecule has 2 aliphatic rings. The van der Waals surface area contributed by atoms with Crippen molar-refractivity contribution in [3.63, 3.8) is 0 Å². The number of sulfonamides is 1. The molecule has 7 nitrogen and oxygen atoms in total. The lowest BCUT2D eigenvalue weighted by Crippen LogP contribution is -2.30. The van der Waals surface area contributed by atoms with Gasteiger partial charge in [-0.05, 0) is 49.1 Å². The fourth-order valence-electron chi connectivity index (χ4n) is 2.58. The van der Waals surface area contributed by atoms with Crippen molar-refractivity contribution in [2.75, 3.05) is 30.7 Å². The van der Waals surface area contributed by atoms with Crippen molar-refractivity contribution >= 4 is 27.7 Å². The van der Waals surface area contributed by atoms with Gasteiger partial charge in [0.05, 0.1) is 11.9 Å². The molecule has 0 radical (unpaired) electrons. The Labute approximate surface area is 153 Å². The van der Waals surface area contributed by atoms with Gasteiger partial charge < -0.3 is 10.1 Å². The molecule has 140 valence electrons. The number of hydrogen-bond acceptors (Lipinski definition) is 6. The van der Waals surface area contributed by atoms with Gasteiger partial charge in [0.2, 0.25) is 10.0 Å². The number of anilines is 1. The molecule has 1 aliphatic carbocycles. The number of benzene rings is 1. The first-order chi connectivity index (χ1) is 12.4. The third kappa shape index (κ3) is 5.96. The minimum Gasteiger partial charge on any atom is -0.491 e. The van der Waals surface area contributed by atoms with Gasteiger partial charge in [-0.2, -0.15) is 0 Å². The van der Waals surface area contributed by atoms with Gasteiger partial charge in [-0.1, -0.05) is 6.07 Å². The van der Waals surface area contributed by atoms with Crippen LogP contribution in [0.2, 0.25) is 0 Å². The van der Waals surface area contributed by atoms with Crippen LogP contribution in [0.15, 0.2) is 40.9 Å². The molecule has 3 rings (SSSR count). The second kappa shape index (κ2) is 8.01. The molecule has 0 saturated heterocycles. The minimum atomic E-state index is -3.35. The number of nitrogens with one attached hydrogen (secondary N) is 2. The third-order valence-electron chi connectivity index (χ3n) is 4.08. The largest absolute Gasteiger partial charge is 0.491 e. The van der Waals surface area contributed by atoms with Crippen LogP contribution < -0.4 is 14.8 Å². The van der Waals surface area contributed by atoms with E-state index >= 15 is 0 Å². The zero-order valence-electron chi connectivity index (χ0n) is 14.6. The number of nitrogens with zero attached hydrogens (tertiary/aromatic N) is 1. The standard InChI is InChI=1S/C18H23N3O4S/c1-26(23,24)21-15-3-2-4-16(8-15)25-12-17-18(22)7-14(11-20-17)10-19-9-13-5-6-13/h2-4,7-8,11,13,17,19,21H,5-6,9-10,12H2,1H3. The van der Waals surface area contributed by atoms with Crippen LogP contribution >= 0.6 is 0 Å². The summed E-state index contributed by atoms with van der Waals surface area (Å²) in [5.74, 6) is 1.18. The molecule has 2 N–H and O–H groups in total. The Hall–Kier alpha value is -2.19. The maximum Gasteiger partial charge on any atom is 0.229 e. The summed E-state index contributed by atoms with van der Waals surface area (Å²) in [7, 11) is -3.35. The third-order valence-corrected chi connectivity index (χ3v) is 4.69. The van der Waals surface area contributed by atoms with Gasteiger partial charge in [0.25, 0.3) is 0 Å². The van der Waals surface area contributed by atoms with Gasteiger partial charge in [-0.25, -0.2) is 8.42 Å². The van der Waals surface area contributed by atoms with E-state index in [0.29, 0.717) is 18.0 Å². The first-order valence-electron chi connectivity index (χ1n) is 8.58. The number of rotatable bonds is 9. The van der Waals surface area contributed by atoms with E-state index in [1.807, 2.05) is 0 Å². The van der Waals surface area contributed by atoms with Crippen molar-refractivity contribution < 1.29 is 17.9 Å². The molecule has 1 atom stereocenters. The molecule has 1 aromatic rings. The molecule has 1 aliphatic heterocycles. The lowest BCUT2D eigenvalue weighted by Gasteiger charge is -2.16. The topological polar surface area (TPSA) is 96.9 Å². The van der Waals surface area contributed by atoms with E-state index in [9.17, 15) is 13.2 Å². The van der Waals surface area contributed by atoms with E-state index in [1.54, 1.807) is 36.6 Å². The first-order valence-corrected chi connectivity index (χ1v) is 10.5. The van der Waals surface area contributed by atoms with Gasteiger partial charge in [-0.15, -0.1) is 0 Å². The van der Waals surface area contributed by atoms with Gasteiger partial charge in [-0.3, -0.25) is 14.5 Å². The summed E-state index contributed by atoms with van der Waals surface area (Å²) in [6, 6.07) is 6.00. The van der Waals surface area contributed by atoms with Gasteiger partial charge >= 0.3 is 0 Å². The monoisotopic (exact) mass is 377 g/mol. The molecule has 26 heavy (non-hydrogen) atoms. The quantitative estimate of drug-likeness (QED) is 0.678. The SMILES string of the molecule is CS(=O)(=O)Nc1cccc(OCC2N=CC(CNCC3CC3)=CC2=O)c1. The molecule has 1 unspecified atom stereocenters. The predicted molar refractivity (Wildman–Crippen MR) is 101 cm³/mol. The van der Waals surface area contributed by atoms with Crippen LogP contribution in [-0.2, 0) is 14.8 Å². The van der Waals surface area contributed by atoms with Crippen molar-refractivity contribution in [2.45, 2.75) is 18.9 Å². The number of ether oxygens (including phenoxy) is 1. The lowest BCUT2D eigenvalue weighted by molar-refractivity contribution is -0.116. The molecular weight excluding hydrogens is 354 g/mol. The zero-order valence-corrected chi connectivity index (χ0v) is 15.5. The number of hydrogen-bond donors (Lipinski definition) is 2. The van der Waals surface area contributed by atoms with Crippen LogP contribution in [0.4, 0.5) is 5.69 Å². The van der Waals surface area contributed by atoms with Crippen molar-refractivity contribution in [2.24, 2.45) is 10.9 Å². The summed E-state index contributed by atoms with van der Waals surface area (Å²) in [5, 5.41) is 3.34. The van der Waals surface area contributed by atoms with Crippen molar-refractivity contribution in [3.8, 4) is 5.75 Å². The number of carbonyl (C=O) groups is 1. The summed E-state index contributed by atoms with van der Waals surface area (Å²) in [6.45, 7) is 1.75. The Balaban J connectivity index is 1.49. The number of dihydropyridines is 1. The highest BCUT2D eigenvalue weighted by molar-refractivity contribution is 7.92. The molecule has 1 aromatic carbocycles. The van der Waals surface area contributed by atoms with Crippen LogP contribution in [0, 0.1) is 5.92 Å². The summed E-state index contributed by atoms with van der Waals surface area (Å²) in [6.07, 6.45) is 7.00. The highest BCUT2D eigenvalue weighted by Gasteiger charge is 2.22. The fraction of sp³-hybridized carbons (Fsp3) is 0.444. The zero-order chi connectivity index (χ0) is 18.6. The van der Waals surface area contributed by atoms with Gasteiger partial charge in [0.1, 0.15) is 18.4 Å². The van der Waals surface area contributed by atoms with Crippen molar-refractivity contribution in [1.29, 1.82) is 0 Å². The van der Waals surface area contributed by atoms with E-state index in [0.717, 1.165) is 24.3 Å². The fourth-order valence-corrected chi connectivity index (χ4v) is 3.13. The molecule has 1 heterocycles. The second-order valence-corrected chi connectivity index (χ2v) is 8.45. The number of carbonyl (C=O) groups excluding carboxylic acids is 1. The van der Waals surface area contributed by atoms with Gasteiger partial charge in [0, 0.05) is 18.8 Å². The average Bonchev–Trinajstić information content (AvgIpc) is 3.37. The molecular formula is C18H23N3O4S.